The number of aliphatic hydroxyl groups is 4. The molecule has 0 rings (SSSR count). The average molecular weight is 284 g/mol. The maximum absolute atomic E-state index is 10.4. The molecule has 6 N–H and O–H groups in total. The van der Waals surface area contributed by atoms with E-state index in [9.17, 15) is 14.5 Å². The second-order valence-electron chi connectivity index (χ2n) is 2.93. The predicted octanol–water partition coefficient (Wildman–Crippen LogP) is -3.91. The number of aliphatic hydroxyl groups excluding tert-OH is 4. The van der Waals surface area contributed by atoms with Crippen LogP contribution in [-0.2, 0) is 13.9 Å². The van der Waals surface area contributed by atoms with Crippen LogP contribution in [-0.4, -0.2) is 97.1 Å². The van der Waals surface area contributed by atoms with Crippen molar-refractivity contribution >= 4 is 43.7 Å². The molecule has 0 aliphatic rings. The molecule has 0 aliphatic heterocycles. The molecule has 0 heterocycles. The maximum atomic E-state index is 10.4. The van der Waals surface area contributed by atoms with Gasteiger partial charge in [0.2, 0.25) is 0 Å². The zero-order chi connectivity index (χ0) is 12.9. The van der Waals surface area contributed by atoms with E-state index in [1.54, 1.807) is 0 Å². The van der Waals surface area contributed by atoms with Gasteiger partial charge < -0.3 is 35.0 Å². The Labute approximate surface area is 119 Å². The Kier molecular flexibility index (Phi) is 10.2. The third kappa shape index (κ3) is 7.60. The normalized spacial score (nSPS) is 18.7. The van der Waals surface area contributed by atoms with Gasteiger partial charge in [-0.2, -0.15) is 0 Å². The number of hydrogen-bond acceptors (Lipinski definition) is 7. The number of rotatable bonds is 7. The summed E-state index contributed by atoms with van der Waals surface area (Å²) in [4.78, 5) is 27.1. The van der Waals surface area contributed by atoms with Gasteiger partial charge in [0.15, 0.2) is 12.4 Å². The molecule has 0 radical (unpaired) electrons. The van der Waals surface area contributed by atoms with E-state index >= 15 is 0 Å². The third-order valence-corrected chi connectivity index (χ3v) is 2.18. The van der Waals surface area contributed by atoms with Gasteiger partial charge in [0, 0.05) is 0 Å². The molecule has 98 valence electrons. The molecule has 0 fully saturated rings. The molecular formula is C6H14NaO9P. The van der Waals surface area contributed by atoms with Gasteiger partial charge in [-0.25, -0.2) is 4.57 Å². The Morgan fingerprint density at radius 1 is 1.18 bits per heavy atom. The zero-order valence-corrected chi connectivity index (χ0v) is 8.84. The van der Waals surface area contributed by atoms with Crippen LogP contribution in [0.25, 0.3) is 0 Å². The predicted molar refractivity (Wildman–Crippen MR) is 55.2 cm³/mol. The van der Waals surface area contributed by atoms with Crippen molar-refractivity contribution in [1.82, 2.24) is 0 Å². The Bertz CT molecular complexity index is 268. The summed E-state index contributed by atoms with van der Waals surface area (Å²) >= 11 is 0. The van der Waals surface area contributed by atoms with Gasteiger partial charge in [0.25, 0.3) is 0 Å². The molecule has 17 heavy (non-hydrogen) atoms. The quantitative estimate of drug-likeness (QED) is 0.156. The number of phosphoric acid groups is 1. The van der Waals surface area contributed by atoms with Gasteiger partial charge in [-0.1, -0.05) is 0 Å². The van der Waals surface area contributed by atoms with Gasteiger partial charge in [-0.15, -0.1) is 0 Å². The number of phosphoric ester groups is 1. The molecule has 9 nitrogen and oxygen atoms in total. The molecular weight excluding hydrogens is 270 g/mol. The van der Waals surface area contributed by atoms with Gasteiger partial charge >= 0.3 is 37.4 Å². The summed E-state index contributed by atoms with van der Waals surface area (Å²) in [6.45, 7) is -0.903. The van der Waals surface area contributed by atoms with Crippen LogP contribution in [0.2, 0.25) is 0 Å². The van der Waals surface area contributed by atoms with Gasteiger partial charge in [-0.3, -0.25) is 4.52 Å². The van der Waals surface area contributed by atoms with Crippen molar-refractivity contribution in [3.05, 3.63) is 0 Å². The van der Waals surface area contributed by atoms with E-state index in [2.05, 4.69) is 4.52 Å². The fourth-order valence-electron chi connectivity index (χ4n) is 0.856. The van der Waals surface area contributed by atoms with Crippen molar-refractivity contribution in [2.45, 2.75) is 24.4 Å². The van der Waals surface area contributed by atoms with Crippen molar-refractivity contribution in [2.75, 3.05) is 6.61 Å². The first-order valence-corrected chi connectivity index (χ1v) is 5.60. The molecule has 0 bridgehead atoms. The van der Waals surface area contributed by atoms with Crippen LogP contribution >= 0.6 is 7.82 Å². The molecule has 0 spiro atoms. The van der Waals surface area contributed by atoms with E-state index in [0.29, 0.717) is 0 Å². The summed E-state index contributed by atoms with van der Waals surface area (Å²) in [5.41, 5.74) is 0. The standard InChI is InChI=1S/C6H13O9P.Na.H/c7-1-3(9)5(10)6(11)4(2-8)15-16(12,13)14;;/h2-7,9-11H,1H2,(H2,12,13,14);;/t3-,4+,5-,6-;;/m1../s1. The fourth-order valence-corrected chi connectivity index (χ4v) is 1.35. The van der Waals surface area contributed by atoms with E-state index in [1.165, 1.54) is 0 Å². The first kappa shape index (κ1) is 19.9. The summed E-state index contributed by atoms with van der Waals surface area (Å²) < 4.78 is 14.2. The SMILES string of the molecule is O=C[C@H](OP(=O)(O)O)[C@@H](O)[C@H](O)[C@H](O)CO.[NaH]. The number of carbonyl (C=O) groups is 1. The number of carbonyl (C=O) groups excluding carboxylic acids is 1. The monoisotopic (exact) mass is 284 g/mol. The van der Waals surface area contributed by atoms with Crippen LogP contribution in [0.3, 0.4) is 0 Å². The molecule has 0 aromatic carbocycles. The zero-order valence-electron chi connectivity index (χ0n) is 7.95. The minimum absolute atomic E-state index is 0. The van der Waals surface area contributed by atoms with Crippen LogP contribution in [0.1, 0.15) is 0 Å². The van der Waals surface area contributed by atoms with Crippen molar-refractivity contribution in [1.29, 1.82) is 0 Å². The molecule has 0 aliphatic carbocycles. The van der Waals surface area contributed by atoms with Crippen molar-refractivity contribution in [3.8, 4) is 0 Å². The van der Waals surface area contributed by atoms with E-state index in [1.807, 2.05) is 0 Å². The van der Waals surface area contributed by atoms with E-state index in [4.69, 9.17) is 25.1 Å². The second-order valence-corrected chi connectivity index (χ2v) is 4.12. The van der Waals surface area contributed by atoms with Gasteiger partial charge in [0.05, 0.1) is 6.61 Å². The summed E-state index contributed by atoms with van der Waals surface area (Å²) in [5, 5.41) is 35.7. The Balaban J connectivity index is 0. The van der Waals surface area contributed by atoms with Crippen LogP contribution < -0.4 is 0 Å². The van der Waals surface area contributed by atoms with Crippen LogP contribution in [0.5, 0.6) is 0 Å². The fraction of sp³-hybridized carbons (Fsp3) is 0.833. The van der Waals surface area contributed by atoms with Crippen LogP contribution in [0, 0.1) is 0 Å². The van der Waals surface area contributed by atoms with Crippen molar-refractivity contribution in [3.63, 3.8) is 0 Å². The molecule has 0 saturated carbocycles. The Morgan fingerprint density at radius 2 is 1.65 bits per heavy atom. The summed E-state index contributed by atoms with van der Waals surface area (Å²) in [7, 11) is -5.02. The van der Waals surface area contributed by atoms with Crippen molar-refractivity contribution < 1.29 is 44.1 Å². The van der Waals surface area contributed by atoms with E-state index in [-0.39, 0.29) is 35.8 Å². The van der Waals surface area contributed by atoms with Crippen LogP contribution in [0.15, 0.2) is 0 Å². The topological polar surface area (TPSA) is 165 Å². The molecule has 0 aromatic heterocycles. The first-order chi connectivity index (χ1) is 7.22. The number of aldehydes is 1. The molecule has 11 heteroatoms. The number of hydrogen-bond donors (Lipinski definition) is 6. The third-order valence-electron chi connectivity index (χ3n) is 1.66. The van der Waals surface area contributed by atoms with Gasteiger partial charge in [-0.05, 0) is 0 Å². The molecule has 0 aromatic rings. The van der Waals surface area contributed by atoms with Gasteiger partial charge in [0.1, 0.15) is 18.3 Å². The first-order valence-electron chi connectivity index (χ1n) is 4.07. The molecule has 0 amide bonds. The summed E-state index contributed by atoms with van der Waals surface area (Å²) in [5.74, 6) is 0. The molecule has 0 unspecified atom stereocenters. The van der Waals surface area contributed by atoms with E-state index in [0.717, 1.165) is 0 Å². The Morgan fingerprint density at radius 3 is 1.94 bits per heavy atom. The van der Waals surface area contributed by atoms with E-state index < -0.39 is 38.8 Å². The second kappa shape index (κ2) is 8.68. The summed E-state index contributed by atoms with van der Waals surface area (Å²) in [6.07, 6.45) is -7.98. The summed E-state index contributed by atoms with van der Waals surface area (Å²) in [6, 6.07) is 0. The Hall–Kier alpha value is 0.620. The van der Waals surface area contributed by atoms with Crippen molar-refractivity contribution in [2.24, 2.45) is 0 Å². The molecule has 4 atom stereocenters. The average Bonchev–Trinajstić information content (AvgIpc) is 2.21. The molecule has 0 saturated heterocycles. The van der Waals surface area contributed by atoms with Crippen LogP contribution in [0.4, 0.5) is 0 Å². The minimum atomic E-state index is -5.02.